The minimum atomic E-state index is -4.32. The first-order chi connectivity index (χ1) is 9.34. The molecule has 0 aromatic heterocycles. The maximum Gasteiger partial charge on any atom is 0.416 e. The third-order valence-electron chi connectivity index (χ3n) is 2.97. The Labute approximate surface area is 116 Å². The van der Waals surface area contributed by atoms with Crippen LogP contribution in [0.25, 0.3) is 0 Å². The Morgan fingerprint density at radius 1 is 1.25 bits per heavy atom. The zero-order chi connectivity index (χ0) is 15.2. The Balaban J connectivity index is 2.48. The summed E-state index contributed by atoms with van der Waals surface area (Å²) in [5.74, 6) is -0.0293. The van der Waals surface area contributed by atoms with Crippen molar-refractivity contribution >= 4 is 5.78 Å². The van der Waals surface area contributed by atoms with Crippen LogP contribution in [0.3, 0.4) is 0 Å². The van der Waals surface area contributed by atoms with Crippen LogP contribution in [0.4, 0.5) is 13.2 Å². The van der Waals surface area contributed by atoms with Gasteiger partial charge in [0.25, 0.3) is 0 Å². The van der Waals surface area contributed by atoms with Crippen LogP contribution in [0, 0.1) is 0 Å². The van der Waals surface area contributed by atoms with Gasteiger partial charge in [-0.05, 0) is 37.5 Å². The van der Waals surface area contributed by atoms with Crippen LogP contribution < -0.4 is 0 Å². The van der Waals surface area contributed by atoms with Gasteiger partial charge in [-0.25, -0.2) is 0 Å². The van der Waals surface area contributed by atoms with Crippen molar-refractivity contribution < 1.29 is 22.7 Å². The van der Waals surface area contributed by atoms with Crippen LogP contribution in [0.1, 0.15) is 37.8 Å². The number of ketones is 1. The Morgan fingerprint density at radius 3 is 2.35 bits per heavy atom. The van der Waals surface area contributed by atoms with Crippen molar-refractivity contribution in [2.45, 2.75) is 45.4 Å². The van der Waals surface area contributed by atoms with Gasteiger partial charge in [0, 0.05) is 13.0 Å². The number of alkyl halides is 3. The quantitative estimate of drug-likeness (QED) is 0.757. The first-order valence-corrected chi connectivity index (χ1v) is 6.65. The molecule has 1 unspecified atom stereocenters. The highest BCUT2D eigenvalue weighted by Crippen LogP contribution is 2.29. The van der Waals surface area contributed by atoms with E-state index in [9.17, 15) is 18.0 Å². The molecule has 5 heteroatoms. The normalized spacial score (nSPS) is 13.2. The molecule has 20 heavy (non-hydrogen) atoms. The molecule has 0 spiro atoms. The number of aryl methyl sites for hydroxylation is 1. The molecule has 112 valence electrons. The van der Waals surface area contributed by atoms with Gasteiger partial charge < -0.3 is 4.74 Å². The number of benzene rings is 1. The lowest BCUT2D eigenvalue weighted by Crippen LogP contribution is -2.21. The Hall–Kier alpha value is -1.36. The Bertz CT molecular complexity index is 424. The molecule has 0 bridgehead atoms. The van der Waals surface area contributed by atoms with Crippen LogP contribution in [-0.4, -0.2) is 18.5 Å². The summed E-state index contributed by atoms with van der Waals surface area (Å²) in [6, 6.07) is 4.90. The third kappa shape index (κ3) is 5.33. The van der Waals surface area contributed by atoms with E-state index in [1.165, 1.54) is 12.1 Å². The fourth-order valence-corrected chi connectivity index (χ4v) is 1.72. The maximum absolute atomic E-state index is 12.4. The van der Waals surface area contributed by atoms with E-state index in [1.54, 1.807) is 6.92 Å². The molecule has 0 aliphatic carbocycles. The molecule has 1 rings (SSSR count). The second-order valence-corrected chi connectivity index (χ2v) is 4.67. The number of ether oxygens (including phenoxy) is 1. The molecule has 0 saturated heterocycles. The minimum absolute atomic E-state index is 0.0293. The summed E-state index contributed by atoms with van der Waals surface area (Å²) in [4.78, 5) is 11.7. The molecule has 1 aromatic rings. The highest BCUT2D eigenvalue weighted by atomic mass is 19.4. The molecule has 0 fully saturated rings. The monoisotopic (exact) mass is 288 g/mol. The fraction of sp³-hybridized carbons (Fsp3) is 0.533. The lowest BCUT2D eigenvalue weighted by atomic mass is 10.0. The number of hydrogen-bond acceptors (Lipinski definition) is 2. The molecule has 0 saturated carbocycles. The van der Waals surface area contributed by atoms with E-state index < -0.39 is 17.8 Å². The Kier molecular flexibility index (Phi) is 6.20. The molecular weight excluding hydrogens is 269 g/mol. The van der Waals surface area contributed by atoms with Crippen LogP contribution in [0.15, 0.2) is 24.3 Å². The van der Waals surface area contributed by atoms with Crippen molar-refractivity contribution in [2.75, 3.05) is 6.61 Å². The van der Waals surface area contributed by atoms with Gasteiger partial charge in [-0.3, -0.25) is 4.79 Å². The molecule has 0 N–H and O–H groups in total. The van der Waals surface area contributed by atoms with Gasteiger partial charge in [0.15, 0.2) is 5.78 Å². The van der Waals surface area contributed by atoms with Crippen molar-refractivity contribution in [3.05, 3.63) is 35.4 Å². The largest absolute Gasteiger partial charge is 0.416 e. The lowest BCUT2D eigenvalue weighted by Gasteiger charge is -2.11. The van der Waals surface area contributed by atoms with Gasteiger partial charge in [0.2, 0.25) is 0 Å². The summed E-state index contributed by atoms with van der Waals surface area (Å²) < 4.78 is 42.5. The molecule has 2 nitrogen and oxygen atoms in total. The number of rotatable bonds is 7. The second kappa shape index (κ2) is 7.43. The van der Waals surface area contributed by atoms with Gasteiger partial charge in [0.05, 0.1) is 5.56 Å². The average molecular weight is 288 g/mol. The fourth-order valence-electron chi connectivity index (χ4n) is 1.72. The molecule has 0 heterocycles. The van der Waals surface area contributed by atoms with E-state index in [4.69, 9.17) is 4.74 Å². The van der Waals surface area contributed by atoms with E-state index in [0.717, 1.165) is 18.6 Å². The van der Waals surface area contributed by atoms with Crippen molar-refractivity contribution in [3.63, 3.8) is 0 Å². The van der Waals surface area contributed by atoms with E-state index in [-0.39, 0.29) is 12.2 Å². The maximum atomic E-state index is 12.4. The molecule has 0 aliphatic heterocycles. The van der Waals surface area contributed by atoms with Gasteiger partial charge >= 0.3 is 6.18 Å². The van der Waals surface area contributed by atoms with Gasteiger partial charge in [-0.15, -0.1) is 0 Å². The number of hydrogen-bond donors (Lipinski definition) is 0. The summed E-state index contributed by atoms with van der Waals surface area (Å²) >= 11 is 0. The summed E-state index contributed by atoms with van der Waals surface area (Å²) in [5, 5.41) is 0. The van der Waals surface area contributed by atoms with Crippen LogP contribution >= 0.6 is 0 Å². The highest BCUT2D eigenvalue weighted by molar-refractivity contribution is 5.82. The predicted molar refractivity (Wildman–Crippen MR) is 70.5 cm³/mol. The Morgan fingerprint density at radius 2 is 1.85 bits per heavy atom. The van der Waals surface area contributed by atoms with Crippen molar-refractivity contribution in [1.82, 2.24) is 0 Å². The predicted octanol–water partition coefficient (Wildman–Crippen LogP) is 4.02. The first-order valence-electron chi connectivity index (χ1n) is 6.65. The van der Waals surface area contributed by atoms with Crippen molar-refractivity contribution in [2.24, 2.45) is 0 Å². The number of halogens is 3. The summed E-state index contributed by atoms with van der Waals surface area (Å²) in [6.45, 7) is 4.19. The minimum Gasteiger partial charge on any atom is -0.371 e. The molecule has 0 aliphatic rings. The third-order valence-corrected chi connectivity index (χ3v) is 2.97. The molecule has 0 radical (unpaired) electrons. The van der Waals surface area contributed by atoms with Crippen LogP contribution in [-0.2, 0) is 22.1 Å². The van der Waals surface area contributed by atoms with Crippen LogP contribution in [0.5, 0.6) is 0 Å². The highest BCUT2D eigenvalue weighted by Gasteiger charge is 2.29. The average Bonchev–Trinajstić information content (AvgIpc) is 2.41. The topological polar surface area (TPSA) is 26.3 Å². The SMILES string of the molecule is CCCOC(C)C(=O)CCc1ccc(C(F)(F)F)cc1. The van der Waals surface area contributed by atoms with Gasteiger partial charge in [-0.1, -0.05) is 19.1 Å². The number of carbonyl (C=O) groups excluding carboxylic acids is 1. The van der Waals surface area contributed by atoms with Crippen LogP contribution in [0.2, 0.25) is 0 Å². The van der Waals surface area contributed by atoms with E-state index in [0.29, 0.717) is 18.6 Å². The van der Waals surface area contributed by atoms with E-state index >= 15 is 0 Å². The summed E-state index contributed by atoms with van der Waals surface area (Å²) in [5.41, 5.74) is 0.0428. The van der Waals surface area contributed by atoms with Crippen molar-refractivity contribution in [3.8, 4) is 0 Å². The van der Waals surface area contributed by atoms with E-state index in [1.807, 2.05) is 6.92 Å². The summed E-state index contributed by atoms with van der Waals surface area (Å²) in [7, 11) is 0. The van der Waals surface area contributed by atoms with E-state index in [2.05, 4.69) is 0 Å². The van der Waals surface area contributed by atoms with Gasteiger partial charge in [0.1, 0.15) is 6.10 Å². The number of Topliss-reactive ketones (excluding diaryl/α,β-unsaturated/α-hetero) is 1. The molecular formula is C15H19F3O2. The van der Waals surface area contributed by atoms with Gasteiger partial charge in [-0.2, -0.15) is 13.2 Å². The number of carbonyl (C=O) groups is 1. The zero-order valence-electron chi connectivity index (χ0n) is 11.7. The second-order valence-electron chi connectivity index (χ2n) is 4.67. The molecule has 1 atom stereocenters. The van der Waals surface area contributed by atoms with Crippen molar-refractivity contribution in [1.29, 1.82) is 0 Å². The first kappa shape index (κ1) is 16.7. The summed E-state index contributed by atoms with van der Waals surface area (Å²) in [6.07, 6.45) is -3.23. The molecule has 0 amide bonds. The standard InChI is InChI=1S/C15H19F3O2/c1-3-10-20-11(2)14(19)9-6-12-4-7-13(8-5-12)15(16,17)18/h4-5,7-8,11H,3,6,9-10H2,1-2H3. The smallest absolute Gasteiger partial charge is 0.371 e. The molecule has 1 aromatic carbocycles. The zero-order valence-corrected chi connectivity index (χ0v) is 11.7. The lowest BCUT2D eigenvalue weighted by molar-refractivity contribution is -0.137.